The fourth-order valence-electron chi connectivity index (χ4n) is 0.848. The van der Waals surface area contributed by atoms with E-state index in [-0.39, 0.29) is 5.57 Å². The smallest absolute Gasteiger partial charge is 0.133 e. The van der Waals surface area contributed by atoms with Crippen molar-refractivity contribution < 1.29 is 9.59 Å². The summed E-state index contributed by atoms with van der Waals surface area (Å²) in [5, 5.41) is 0. The van der Waals surface area contributed by atoms with Gasteiger partial charge in [-0.2, -0.15) is 0 Å². The molecule has 0 N–H and O–H groups in total. The van der Waals surface area contributed by atoms with Gasteiger partial charge in [-0.15, -0.1) is 0 Å². The van der Waals surface area contributed by atoms with Crippen LogP contribution in [0.15, 0.2) is 36.4 Å². The Labute approximate surface area is 69.8 Å². The van der Waals surface area contributed by atoms with Crippen molar-refractivity contribution >= 4 is 17.5 Å². The Balaban J connectivity index is 3.13. The zero-order valence-electron chi connectivity index (χ0n) is 6.28. The first-order valence-corrected chi connectivity index (χ1v) is 3.40. The van der Waals surface area contributed by atoms with Crippen molar-refractivity contribution in [2.75, 3.05) is 0 Å². The van der Waals surface area contributed by atoms with Crippen LogP contribution in [0.4, 0.5) is 0 Å². The van der Waals surface area contributed by atoms with E-state index in [9.17, 15) is 9.59 Å². The molecule has 12 heavy (non-hydrogen) atoms. The highest BCUT2D eigenvalue weighted by Gasteiger charge is 1.96. The van der Waals surface area contributed by atoms with Crippen LogP contribution in [0, 0.1) is 0 Å². The molecule has 0 aromatic heterocycles. The van der Waals surface area contributed by atoms with Crippen LogP contribution in [-0.4, -0.2) is 11.9 Å². The third kappa shape index (κ3) is 1.80. The monoisotopic (exact) mass is 158 g/mol. The Morgan fingerprint density at radius 2 is 1.83 bits per heavy atom. The van der Waals surface area contributed by atoms with Gasteiger partial charge in [0, 0.05) is 6.08 Å². The summed E-state index contributed by atoms with van der Waals surface area (Å²) in [6.45, 7) is 0. The molecule has 0 saturated heterocycles. The van der Waals surface area contributed by atoms with Gasteiger partial charge in [-0.1, -0.05) is 30.3 Å². The lowest BCUT2D eigenvalue weighted by Crippen LogP contribution is -1.79. The lowest BCUT2D eigenvalue weighted by molar-refractivity contribution is 0.567. The second-order valence-electron chi connectivity index (χ2n) is 2.14. The fourth-order valence-corrected chi connectivity index (χ4v) is 0.848. The lowest BCUT2D eigenvalue weighted by atomic mass is 10.1. The van der Waals surface area contributed by atoms with Gasteiger partial charge in [0.15, 0.2) is 0 Å². The minimum atomic E-state index is 0.227. The third-order valence-electron chi connectivity index (χ3n) is 1.40. The summed E-state index contributed by atoms with van der Waals surface area (Å²) in [4.78, 5) is 20.3. The average Bonchev–Trinajstić information content (AvgIpc) is 2.15. The van der Waals surface area contributed by atoms with Crippen molar-refractivity contribution in [1.82, 2.24) is 0 Å². The third-order valence-corrected chi connectivity index (χ3v) is 1.40. The first kappa shape index (κ1) is 8.22. The zero-order valence-corrected chi connectivity index (χ0v) is 6.28. The Morgan fingerprint density at radius 1 is 1.17 bits per heavy atom. The van der Waals surface area contributed by atoms with Gasteiger partial charge in [0.2, 0.25) is 0 Å². The van der Waals surface area contributed by atoms with E-state index in [4.69, 9.17) is 0 Å². The summed E-state index contributed by atoms with van der Waals surface area (Å²) in [6, 6.07) is 8.86. The standard InChI is InChI=1S/C10H6O2/c11-7-6-10(8-12)9-4-2-1-3-5-9/h1-6H. The summed E-state index contributed by atoms with van der Waals surface area (Å²) in [7, 11) is 0. The molecule has 0 saturated carbocycles. The molecule has 1 rings (SSSR count). The van der Waals surface area contributed by atoms with Crippen LogP contribution in [-0.2, 0) is 9.59 Å². The van der Waals surface area contributed by atoms with Crippen LogP contribution in [0.1, 0.15) is 5.56 Å². The van der Waals surface area contributed by atoms with Crippen LogP contribution in [0.5, 0.6) is 0 Å². The van der Waals surface area contributed by atoms with Crippen molar-refractivity contribution in [3.63, 3.8) is 0 Å². The van der Waals surface area contributed by atoms with Crippen molar-refractivity contribution in [2.45, 2.75) is 0 Å². The van der Waals surface area contributed by atoms with Gasteiger partial charge in [-0.25, -0.2) is 9.59 Å². The largest absolute Gasteiger partial charge is 0.233 e. The molecule has 0 aliphatic rings. The molecule has 0 bridgehead atoms. The molecule has 0 radical (unpaired) electrons. The summed E-state index contributed by atoms with van der Waals surface area (Å²) in [5.41, 5.74) is 0.904. The molecular formula is C10H6O2. The Morgan fingerprint density at radius 3 is 2.33 bits per heavy atom. The number of hydrogen-bond donors (Lipinski definition) is 0. The minimum Gasteiger partial charge on any atom is -0.233 e. The van der Waals surface area contributed by atoms with Crippen LogP contribution in [0.3, 0.4) is 0 Å². The molecule has 1 aromatic carbocycles. The number of hydrogen-bond acceptors (Lipinski definition) is 2. The maximum Gasteiger partial charge on any atom is 0.133 e. The predicted octanol–water partition coefficient (Wildman–Crippen LogP) is 1.29. The molecule has 0 unspecified atom stereocenters. The quantitative estimate of drug-likeness (QED) is 0.480. The lowest BCUT2D eigenvalue weighted by Gasteiger charge is -1.93. The van der Waals surface area contributed by atoms with E-state index in [2.05, 4.69) is 0 Å². The number of benzene rings is 1. The highest BCUT2D eigenvalue weighted by atomic mass is 16.1. The molecule has 2 heteroatoms. The van der Waals surface area contributed by atoms with Crippen LogP contribution in [0.2, 0.25) is 0 Å². The summed E-state index contributed by atoms with van der Waals surface area (Å²) in [5.74, 6) is 3.21. The molecule has 0 atom stereocenters. The molecule has 0 aliphatic carbocycles. The van der Waals surface area contributed by atoms with Crippen molar-refractivity contribution in [3.05, 3.63) is 42.0 Å². The predicted molar refractivity (Wildman–Crippen MR) is 45.8 cm³/mol. The molecule has 2 nitrogen and oxygen atoms in total. The Bertz CT molecular complexity index is 353. The molecule has 0 fully saturated rings. The highest BCUT2D eigenvalue weighted by Crippen LogP contribution is 2.09. The maximum absolute atomic E-state index is 10.3. The molecule has 0 spiro atoms. The van der Waals surface area contributed by atoms with E-state index in [0.29, 0.717) is 5.56 Å². The SMILES string of the molecule is O=C=CC(=C=O)c1ccccc1. The topological polar surface area (TPSA) is 34.1 Å². The van der Waals surface area contributed by atoms with Gasteiger partial charge in [-0.3, -0.25) is 0 Å². The second kappa shape index (κ2) is 4.09. The second-order valence-corrected chi connectivity index (χ2v) is 2.14. The van der Waals surface area contributed by atoms with E-state index in [1.807, 2.05) is 6.07 Å². The first-order valence-electron chi connectivity index (χ1n) is 3.40. The zero-order chi connectivity index (χ0) is 8.81. The van der Waals surface area contributed by atoms with Crippen LogP contribution in [0.25, 0.3) is 5.57 Å². The normalized spacial score (nSPS) is 8.00. The molecular weight excluding hydrogens is 152 g/mol. The first-order chi connectivity index (χ1) is 5.88. The van der Waals surface area contributed by atoms with Gasteiger partial charge in [0.1, 0.15) is 11.9 Å². The van der Waals surface area contributed by atoms with E-state index >= 15 is 0 Å². The minimum absolute atomic E-state index is 0.227. The highest BCUT2D eigenvalue weighted by molar-refractivity contribution is 5.96. The Kier molecular flexibility index (Phi) is 2.80. The molecule has 0 heterocycles. The summed E-state index contributed by atoms with van der Waals surface area (Å²) in [6.07, 6.45) is 1.07. The van der Waals surface area contributed by atoms with E-state index in [1.165, 1.54) is 0 Å². The van der Waals surface area contributed by atoms with Crippen molar-refractivity contribution in [1.29, 1.82) is 0 Å². The van der Waals surface area contributed by atoms with Gasteiger partial charge in [0.05, 0.1) is 5.57 Å². The van der Waals surface area contributed by atoms with Gasteiger partial charge >= 0.3 is 0 Å². The van der Waals surface area contributed by atoms with E-state index in [1.54, 1.807) is 36.1 Å². The molecule has 1 aromatic rings. The molecule has 58 valence electrons. The van der Waals surface area contributed by atoms with Crippen molar-refractivity contribution in [3.8, 4) is 0 Å². The van der Waals surface area contributed by atoms with Crippen LogP contribution < -0.4 is 0 Å². The maximum atomic E-state index is 10.3. The Hall–Kier alpha value is -1.88. The molecule has 0 amide bonds. The van der Waals surface area contributed by atoms with E-state index in [0.717, 1.165) is 6.08 Å². The van der Waals surface area contributed by atoms with Crippen molar-refractivity contribution in [2.24, 2.45) is 0 Å². The van der Waals surface area contributed by atoms with E-state index < -0.39 is 0 Å². The number of allylic oxidation sites excluding steroid dienone is 2. The van der Waals surface area contributed by atoms with Gasteiger partial charge < -0.3 is 0 Å². The average molecular weight is 158 g/mol. The van der Waals surface area contributed by atoms with Gasteiger partial charge in [-0.05, 0) is 5.56 Å². The fraction of sp³-hybridized carbons (Fsp3) is 0. The number of rotatable bonds is 2. The van der Waals surface area contributed by atoms with Crippen LogP contribution >= 0.6 is 0 Å². The van der Waals surface area contributed by atoms with Gasteiger partial charge in [0.25, 0.3) is 0 Å². The summed E-state index contributed by atoms with van der Waals surface area (Å²) < 4.78 is 0. The summed E-state index contributed by atoms with van der Waals surface area (Å²) >= 11 is 0. The number of carbonyl (C=O) groups excluding carboxylic acids is 2. The molecule has 0 aliphatic heterocycles.